The van der Waals surface area contributed by atoms with Crippen molar-refractivity contribution in [2.45, 2.75) is 26.3 Å². The van der Waals surface area contributed by atoms with Crippen LogP contribution in [0.3, 0.4) is 0 Å². The van der Waals surface area contributed by atoms with Crippen molar-refractivity contribution in [1.29, 1.82) is 0 Å². The summed E-state index contributed by atoms with van der Waals surface area (Å²) in [6, 6.07) is 0. The lowest BCUT2D eigenvalue weighted by Gasteiger charge is -2.19. The SMILES string of the molecule is CC(C)(C)NC(=O)c1cncc(NN)n1. The largest absolute Gasteiger partial charge is 0.346 e. The molecule has 1 heterocycles. The molecule has 6 heteroatoms. The summed E-state index contributed by atoms with van der Waals surface area (Å²) in [5.41, 5.74) is 2.27. The number of nitrogens with one attached hydrogen (secondary N) is 2. The highest BCUT2D eigenvalue weighted by molar-refractivity contribution is 5.92. The van der Waals surface area contributed by atoms with Crippen molar-refractivity contribution in [3.8, 4) is 0 Å². The summed E-state index contributed by atoms with van der Waals surface area (Å²) >= 11 is 0. The van der Waals surface area contributed by atoms with Gasteiger partial charge < -0.3 is 10.7 Å². The number of carbonyl (C=O) groups is 1. The van der Waals surface area contributed by atoms with Gasteiger partial charge in [0, 0.05) is 5.54 Å². The highest BCUT2D eigenvalue weighted by Gasteiger charge is 2.16. The Morgan fingerprint density at radius 3 is 2.60 bits per heavy atom. The number of hydrogen-bond acceptors (Lipinski definition) is 5. The highest BCUT2D eigenvalue weighted by Crippen LogP contribution is 2.04. The maximum Gasteiger partial charge on any atom is 0.271 e. The van der Waals surface area contributed by atoms with Gasteiger partial charge in [-0.2, -0.15) is 0 Å². The van der Waals surface area contributed by atoms with Gasteiger partial charge in [-0.1, -0.05) is 0 Å². The number of hydrazine groups is 1. The van der Waals surface area contributed by atoms with Gasteiger partial charge in [0.25, 0.3) is 5.91 Å². The molecule has 0 atom stereocenters. The van der Waals surface area contributed by atoms with Crippen molar-refractivity contribution in [3.05, 3.63) is 18.1 Å². The monoisotopic (exact) mass is 209 g/mol. The van der Waals surface area contributed by atoms with Gasteiger partial charge in [-0.05, 0) is 20.8 Å². The first-order chi connectivity index (χ1) is 6.92. The third-order valence-corrected chi connectivity index (χ3v) is 1.50. The minimum atomic E-state index is -0.301. The molecule has 6 nitrogen and oxygen atoms in total. The van der Waals surface area contributed by atoms with E-state index >= 15 is 0 Å². The van der Waals surface area contributed by atoms with E-state index in [-0.39, 0.29) is 17.1 Å². The van der Waals surface area contributed by atoms with Gasteiger partial charge in [0.1, 0.15) is 5.69 Å². The minimum absolute atomic E-state index is 0.236. The van der Waals surface area contributed by atoms with Crippen LogP contribution >= 0.6 is 0 Å². The van der Waals surface area contributed by atoms with E-state index in [0.29, 0.717) is 5.82 Å². The molecule has 0 aromatic carbocycles. The summed E-state index contributed by atoms with van der Waals surface area (Å²) in [6.07, 6.45) is 2.83. The Morgan fingerprint density at radius 1 is 1.40 bits per heavy atom. The number of amides is 1. The van der Waals surface area contributed by atoms with Crippen LogP contribution in [0, 0.1) is 0 Å². The van der Waals surface area contributed by atoms with E-state index in [1.165, 1.54) is 12.4 Å². The predicted octanol–water partition coefficient (Wildman–Crippen LogP) is 0.290. The van der Waals surface area contributed by atoms with Crippen LogP contribution in [0.2, 0.25) is 0 Å². The lowest BCUT2D eigenvalue weighted by atomic mass is 10.1. The van der Waals surface area contributed by atoms with E-state index in [1.807, 2.05) is 20.8 Å². The number of nitrogen functional groups attached to an aromatic ring is 1. The van der Waals surface area contributed by atoms with Crippen molar-refractivity contribution in [3.63, 3.8) is 0 Å². The van der Waals surface area contributed by atoms with Gasteiger partial charge in [-0.25, -0.2) is 10.8 Å². The molecule has 0 aliphatic carbocycles. The molecule has 82 valence electrons. The highest BCUT2D eigenvalue weighted by atomic mass is 16.2. The van der Waals surface area contributed by atoms with Crippen LogP contribution in [0.15, 0.2) is 12.4 Å². The third kappa shape index (κ3) is 3.51. The first-order valence-electron chi connectivity index (χ1n) is 4.53. The second kappa shape index (κ2) is 4.22. The minimum Gasteiger partial charge on any atom is -0.346 e. The second-order valence-corrected chi connectivity index (χ2v) is 4.14. The van der Waals surface area contributed by atoms with Gasteiger partial charge in [0.2, 0.25) is 0 Å². The molecule has 0 saturated carbocycles. The van der Waals surface area contributed by atoms with Gasteiger partial charge in [-0.15, -0.1) is 0 Å². The van der Waals surface area contributed by atoms with Crippen molar-refractivity contribution in [1.82, 2.24) is 15.3 Å². The Bertz CT molecular complexity index is 358. The van der Waals surface area contributed by atoms with Crippen LogP contribution in [0.4, 0.5) is 5.82 Å². The quantitative estimate of drug-likeness (QED) is 0.481. The summed E-state index contributed by atoms with van der Waals surface area (Å²) in [4.78, 5) is 19.5. The molecular weight excluding hydrogens is 194 g/mol. The van der Waals surface area contributed by atoms with Crippen LogP contribution in [0.25, 0.3) is 0 Å². The lowest BCUT2D eigenvalue weighted by Crippen LogP contribution is -2.41. The standard InChI is InChI=1S/C9H15N5O/c1-9(2,3)13-8(15)6-4-11-5-7(12-6)14-10/h4-5H,10H2,1-3H3,(H,12,14)(H,13,15). The second-order valence-electron chi connectivity index (χ2n) is 4.14. The zero-order valence-corrected chi connectivity index (χ0v) is 9.03. The molecule has 1 rings (SSSR count). The molecule has 0 unspecified atom stereocenters. The van der Waals surface area contributed by atoms with Crippen LogP contribution < -0.4 is 16.6 Å². The molecule has 1 amide bonds. The first-order valence-corrected chi connectivity index (χ1v) is 4.53. The predicted molar refractivity (Wildman–Crippen MR) is 57.1 cm³/mol. The fraction of sp³-hybridized carbons (Fsp3) is 0.444. The van der Waals surface area contributed by atoms with E-state index < -0.39 is 0 Å². The van der Waals surface area contributed by atoms with E-state index in [2.05, 4.69) is 20.7 Å². The van der Waals surface area contributed by atoms with E-state index in [4.69, 9.17) is 5.84 Å². The average Bonchev–Trinajstić information content (AvgIpc) is 2.15. The Morgan fingerprint density at radius 2 is 2.07 bits per heavy atom. The molecule has 0 radical (unpaired) electrons. The summed E-state index contributed by atoms with van der Waals surface area (Å²) < 4.78 is 0. The number of hydrogen-bond donors (Lipinski definition) is 3. The van der Waals surface area contributed by atoms with Crippen molar-refractivity contribution in [2.75, 3.05) is 5.43 Å². The number of anilines is 1. The molecule has 4 N–H and O–H groups in total. The van der Waals surface area contributed by atoms with Crippen molar-refractivity contribution < 1.29 is 4.79 Å². The van der Waals surface area contributed by atoms with Crippen LogP contribution in [0.1, 0.15) is 31.3 Å². The first kappa shape index (κ1) is 11.4. The zero-order valence-electron chi connectivity index (χ0n) is 9.03. The smallest absolute Gasteiger partial charge is 0.271 e. The van der Waals surface area contributed by atoms with Crippen molar-refractivity contribution in [2.24, 2.45) is 5.84 Å². The van der Waals surface area contributed by atoms with Gasteiger partial charge >= 0.3 is 0 Å². The number of nitrogens with zero attached hydrogens (tertiary/aromatic N) is 2. The Hall–Kier alpha value is -1.69. The fourth-order valence-electron chi connectivity index (χ4n) is 0.950. The molecule has 1 aromatic rings. The number of rotatable bonds is 2. The van der Waals surface area contributed by atoms with Gasteiger partial charge in [0.05, 0.1) is 12.4 Å². The summed E-state index contributed by atoms with van der Waals surface area (Å²) in [5, 5.41) is 2.78. The average molecular weight is 209 g/mol. The third-order valence-electron chi connectivity index (χ3n) is 1.50. The van der Waals surface area contributed by atoms with E-state index in [1.54, 1.807) is 0 Å². The topological polar surface area (TPSA) is 92.9 Å². The van der Waals surface area contributed by atoms with Crippen LogP contribution in [-0.4, -0.2) is 21.4 Å². The molecule has 0 aliphatic heterocycles. The molecule has 0 saturated heterocycles. The number of carbonyl (C=O) groups excluding carboxylic acids is 1. The molecule has 0 fully saturated rings. The molecule has 1 aromatic heterocycles. The maximum atomic E-state index is 11.6. The molecule has 0 bridgehead atoms. The normalized spacial score (nSPS) is 10.9. The van der Waals surface area contributed by atoms with Gasteiger partial charge in [-0.3, -0.25) is 9.78 Å². The molecule has 15 heavy (non-hydrogen) atoms. The molecular formula is C9H15N5O. The summed E-state index contributed by atoms with van der Waals surface area (Å²) in [6.45, 7) is 5.68. The summed E-state index contributed by atoms with van der Waals surface area (Å²) in [7, 11) is 0. The Kier molecular flexibility index (Phi) is 3.21. The fourth-order valence-corrected chi connectivity index (χ4v) is 0.950. The van der Waals surface area contributed by atoms with E-state index in [0.717, 1.165) is 0 Å². The van der Waals surface area contributed by atoms with Crippen LogP contribution in [0.5, 0.6) is 0 Å². The number of nitrogens with two attached hydrogens (primary N) is 1. The van der Waals surface area contributed by atoms with Crippen LogP contribution in [-0.2, 0) is 0 Å². The Labute approximate surface area is 88.3 Å². The Balaban J connectivity index is 2.82. The zero-order chi connectivity index (χ0) is 11.5. The van der Waals surface area contributed by atoms with Crippen molar-refractivity contribution >= 4 is 11.7 Å². The number of aromatic nitrogens is 2. The van der Waals surface area contributed by atoms with Gasteiger partial charge in [0.15, 0.2) is 5.82 Å². The maximum absolute atomic E-state index is 11.6. The molecule has 0 spiro atoms. The van der Waals surface area contributed by atoms with E-state index in [9.17, 15) is 4.79 Å². The lowest BCUT2D eigenvalue weighted by molar-refractivity contribution is 0.0914. The summed E-state index contributed by atoms with van der Waals surface area (Å²) in [5.74, 6) is 5.25. The molecule has 0 aliphatic rings.